The van der Waals surface area contributed by atoms with Gasteiger partial charge in [0, 0.05) is 26.7 Å². The number of ether oxygens (including phenoxy) is 1. The van der Waals surface area contributed by atoms with Gasteiger partial charge in [-0.15, -0.1) is 24.0 Å². The van der Waals surface area contributed by atoms with Crippen LogP contribution in [0.25, 0.3) is 0 Å². The lowest BCUT2D eigenvalue weighted by atomic mass is 9.83. The molecule has 25 heavy (non-hydrogen) atoms. The molecular formula is C19H38IN3O2. The third-order valence-corrected chi connectivity index (χ3v) is 5.18. The molecule has 0 aromatic heterocycles. The van der Waals surface area contributed by atoms with E-state index in [9.17, 15) is 5.11 Å². The average molecular weight is 467 g/mol. The first kappa shape index (κ1) is 23.0. The second-order valence-electron chi connectivity index (χ2n) is 7.84. The predicted molar refractivity (Wildman–Crippen MR) is 115 cm³/mol. The van der Waals surface area contributed by atoms with E-state index in [1.165, 1.54) is 38.5 Å². The second-order valence-corrected chi connectivity index (χ2v) is 7.84. The highest BCUT2D eigenvalue weighted by Gasteiger charge is 2.22. The molecule has 5 nitrogen and oxygen atoms in total. The van der Waals surface area contributed by atoms with Crippen LogP contribution < -0.4 is 5.32 Å². The third-order valence-electron chi connectivity index (χ3n) is 5.18. The fourth-order valence-corrected chi connectivity index (χ4v) is 3.35. The summed E-state index contributed by atoms with van der Waals surface area (Å²) >= 11 is 0. The summed E-state index contributed by atoms with van der Waals surface area (Å²) in [5.74, 6) is 3.29. The molecule has 6 heteroatoms. The molecule has 0 radical (unpaired) electrons. The van der Waals surface area contributed by atoms with Gasteiger partial charge in [-0.3, -0.25) is 4.99 Å². The molecular weight excluding hydrogens is 429 g/mol. The lowest BCUT2D eigenvalue weighted by Crippen LogP contribution is -2.42. The lowest BCUT2D eigenvalue weighted by molar-refractivity contribution is 0.0367. The smallest absolute Gasteiger partial charge is 0.193 e. The van der Waals surface area contributed by atoms with E-state index >= 15 is 0 Å². The number of aliphatic hydroxyl groups excluding tert-OH is 1. The molecule has 2 saturated carbocycles. The maximum atomic E-state index is 10.1. The summed E-state index contributed by atoms with van der Waals surface area (Å²) in [5.41, 5.74) is 0. The van der Waals surface area contributed by atoms with Crippen LogP contribution in [0.3, 0.4) is 0 Å². The predicted octanol–water partition coefficient (Wildman–Crippen LogP) is 3.12. The van der Waals surface area contributed by atoms with E-state index in [-0.39, 0.29) is 24.0 Å². The zero-order valence-electron chi connectivity index (χ0n) is 16.2. The van der Waals surface area contributed by atoms with Gasteiger partial charge in [0.2, 0.25) is 0 Å². The zero-order valence-corrected chi connectivity index (χ0v) is 18.6. The Hall–Kier alpha value is -0.0800. The maximum absolute atomic E-state index is 10.1. The molecule has 2 rings (SSSR count). The molecule has 0 aliphatic heterocycles. The number of aliphatic imine (C=N–C) groups is 1. The Bertz CT molecular complexity index is 383. The van der Waals surface area contributed by atoms with Gasteiger partial charge in [-0.2, -0.15) is 0 Å². The molecule has 2 aliphatic carbocycles. The summed E-state index contributed by atoms with van der Waals surface area (Å²) in [5, 5.41) is 13.4. The molecule has 0 heterocycles. The molecule has 0 bridgehead atoms. The van der Waals surface area contributed by atoms with Gasteiger partial charge in [-0.25, -0.2) is 0 Å². The van der Waals surface area contributed by atoms with Gasteiger partial charge >= 0.3 is 0 Å². The number of rotatable bonds is 9. The number of nitrogens with one attached hydrogen (secondary N) is 1. The van der Waals surface area contributed by atoms with Crippen LogP contribution >= 0.6 is 24.0 Å². The van der Waals surface area contributed by atoms with Crippen LogP contribution in [-0.2, 0) is 4.74 Å². The Morgan fingerprint density at radius 2 is 1.84 bits per heavy atom. The Labute approximate surface area is 171 Å². The lowest BCUT2D eigenvalue weighted by Gasteiger charge is -2.31. The molecule has 2 fully saturated rings. The fourth-order valence-electron chi connectivity index (χ4n) is 3.35. The third kappa shape index (κ3) is 9.43. The molecule has 1 unspecified atom stereocenters. The summed E-state index contributed by atoms with van der Waals surface area (Å²) in [6.07, 6.45) is 7.39. The minimum atomic E-state index is -0.513. The maximum Gasteiger partial charge on any atom is 0.193 e. The Kier molecular flexibility index (Phi) is 11.3. The summed E-state index contributed by atoms with van der Waals surface area (Å²) in [6, 6.07) is 0. The van der Waals surface area contributed by atoms with Crippen LogP contribution in [0, 0.1) is 17.8 Å². The van der Waals surface area contributed by atoms with Crippen molar-refractivity contribution in [2.24, 2.45) is 22.7 Å². The van der Waals surface area contributed by atoms with E-state index in [4.69, 9.17) is 4.74 Å². The molecule has 1 atom stereocenters. The summed E-state index contributed by atoms with van der Waals surface area (Å²) in [4.78, 5) is 6.83. The highest BCUT2D eigenvalue weighted by Crippen LogP contribution is 2.29. The van der Waals surface area contributed by atoms with Gasteiger partial charge in [0.05, 0.1) is 19.3 Å². The Morgan fingerprint density at radius 3 is 2.44 bits per heavy atom. The largest absolute Gasteiger partial charge is 0.389 e. The van der Waals surface area contributed by atoms with Gasteiger partial charge in [0.15, 0.2) is 5.96 Å². The van der Waals surface area contributed by atoms with E-state index in [1.807, 2.05) is 0 Å². The van der Waals surface area contributed by atoms with Gasteiger partial charge in [0.1, 0.15) is 0 Å². The van der Waals surface area contributed by atoms with Gasteiger partial charge < -0.3 is 20.1 Å². The Balaban J connectivity index is 0.00000312. The van der Waals surface area contributed by atoms with Crippen LogP contribution in [0.1, 0.15) is 52.4 Å². The standard InChI is InChI=1S/C19H37N3O2.HI/c1-4-20-19(21-11-18(23)14-24-13-17-9-10-17)22(3)12-16-7-5-15(2)6-8-16;/h15-18,23H,4-14H2,1-3H3,(H,20,21);1H. The zero-order chi connectivity index (χ0) is 17.4. The summed E-state index contributed by atoms with van der Waals surface area (Å²) in [6.45, 7) is 7.93. The van der Waals surface area contributed by atoms with E-state index in [2.05, 4.69) is 36.1 Å². The molecule has 0 aromatic rings. The quantitative estimate of drug-likeness (QED) is 0.311. The molecule has 148 valence electrons. The molecule has 2 N–H and O–H groups in total. The van der Waals surface area contributed by atoms with E-state index in [0.29, 0.717) is 13.2 Å². The van der Waals surface area contributed by atoms with E-state index in [1.54, 1.807) is 0 Å². The topological polar surface area (TPSA) is 57.1 Å². The Morgan fingerprint density at radius 1 is 1.20 bits per heavy atom. The van der Waals surface area contributed by atoms with Crippen LogP contribution in [0.15, 0.2) is 4.99 Å². The monoisotopic (exact) mass is 467 g/mol. The van der Waals surface area contributed by atoms with E-state index in [0.717, 1.165) is 43.4 Å². The highest BCUT2D eigenvalue weighted by atomic mass is 127. The van der Waals surface area contributed by atoms with Crippen molar-refractivity contribution < 1.29 is 9.84 Å². The average Bonchev–Trinajstić information content (AvgIpc) is 3.37. The van der Waals surface area contributed by atoms with Crippen LogP contribution in [0.5, 0.6) is 0 Å². The van der Waals surface area contributed by atoms with Crippen molar-refractivity contribution in [3.05, 3.63) is 0 Å². The second kappa shape index (κ2) is 12.3. The minimum absolute atomic E-state index is 0. The van der Waals surface area contributed by atoms with Crippen molar-refractivity contribution in [3.8, 4) is 0 Å². The SMILES string of the molecule is CCNC(=NCC(O)COCC1CC1)N(C)CC1CCC(C)CC1.I. The number of halogens is 1. The van der Waals surface area contributed by atoms with Gasteiger partial charge in [-0.05, 0) is 50.4 Å². The van der Waals surface area contributed by atoms with Crippen LogP contribution in [0.4, 0.5) is 0 Å². The summed E-state index contributed by atoms with van der Waals surface area (Å²) in [7, 11) is 2.11. The first-order valence-electron chi connectivity index (χ1n) is 9.83. The molecule has 0 saturated heterocycles. The van der Waals surface area contributed by atoms with Gasteiger partial charge in [-0.1, -0.05) is 19.8 Å². The van der Waals surface area contributed by atoms with Crippen molar-refractivity contribution in [2.75, 3.05) is 39.9 Å². The normalized spacial score (nSPS) is 25.2. The minimum Gasteiger partial charge on any atom is -0.389 e. The number of aliphatic hydroxyl groups is 1. The number of guanidine groups is 1. The van der Waals surface area contributed by atoms with Crippen molar-refractivity contribution in [1.82, 2.24) is 10.2 Å². The number of hydrogen-bond donors (Lipinski definition) is 2. The molecule has 0 amide bonds. The summed E-state index contributed by atoms with van der Waals surface area (Å²) < 4.78 is 5.55. The van der Waals surface area contributed by atoms with Crippen LogP contribution in [0.2, 0.25) is 0 Å². The molecule has 0 spiro atoms. The van der Waals surface area contributed by atoms with E-state index < -0.39 is 6.10 Å². The number of nitrogens with zero attached hydrogens (tertiary/aromatic N) is 2. The van der Waals surface area contributed by atoms with Crippen molar-refractivity contribution in [3.63, 3.8) is 0 Å². The highest BCUT2D eigenvalue weighted by molar-refractivity contribution is 14.0. The van der Waals surface area contributed by atoms with Crippen LogP contribution in [-0.4, -0.2) is 62.0 Å². The first-order chi connectivity index (χ1) is 11.6. The number of hydrogen-bond acceptors (Lipinski definition) is 3. The van der Waals surface area contributed by atoms with Crippen molar-refractivity contribution >= 4 is 29.9 Å². The van der Waals surface area contributed by atoms with Crippen molar-refractivity contribution in [1.29, 1.82) is 0 Å². The van der Waals surface area contributed by atoms with Gasteiger partial charge in [0.25, 0.3) is 0 Å². The van der Waals surface area contributed by atoms with Crippen molar-refractivity contribution in [2.45, 2.75) is 58.5 Å². The molecule has 2 aliphatic rings. The first-order valence-corrected chi connectivity index (χ1v) is 9.83. The molecule has 0 aromatic carbocycles. The fraction of sp³-hybridized carbons (Fsp3) is 0.947.